The van der Waals surface area contributed by atoms with Gasteiger partial charge in [-0.3, -0.25) is 4.79 Å². The summed E-state index contributed by atoms with van der Waals surface area (Å²) in [6.45, 7) is 1.72. The molecule has 0 saturated carbocycles. The van der Waals surface area contributed by atoms with Crippen molar-refractivity contribution < 1.29 is 9.21 Å². The Kier molecular flexibility index (Phi) is 1.76. The van der Waals surface area contributed by atoms with Crippen LogP contribution in [0.3, 0.4) is 0 Å². The molecule has 0 radical (unpaired) electrons. The highest BCUT2D eigenvalue weighted by Crippen LogP contribution is 2.24. The summed E-state index contributed by atoms with van der Waals surface area (Å²) < 4.78 is 5.17. The summed E-state index contributed by atoms with van der Waals surface area (Å²) in [7, 11) is 0. The number of carbonyl (C=O) groups excluding carboxylic acids is 1. The number of aryl methyl sites for hydroxylation is 1. The molecular formula is C6H7N3O2S. The minimum absolute atomic E-state index is 0.0316. The number of thioether (sulfide) groups is 1. The van der Waals surface area contributed by atoms with Crippen molar-refractivity contribution in [3.63, 3.8) is 0 Å². The Balaban J connectivity index is 2.15. The average molecular weight is 185 g/mol. The Labute approximate surface area is 72.9 Å². The number of hydrogen-bond donors (Lipinski definition) is 1. The van der Waals surface area contributed by atoms with Gasteiger partial charge in [0.25, 0.3) is 5.24 Å². The number of hydrogen-bond acceptors (Lipinski definition) is 5. The van der Waals surface area contributed by atoms with E-state index in [1.165, 1.54) is 11.8 Å². The third kappa shape index (κ3) is 1.29. The Morgan fingerprint density at radius 2 is 2.50 bits per heavy atom. The summed E-state index contributed by atoms with van der Waals surface area (Å²) >= 11 is 1.23. The van der Waals surface area contributed by atoms with Gasteiger partial charge in [-0.15, -0.1) is 10.2 Å². The van der Waals surface area contributed by atoms with Gasteiger partial charge in [0.05, 0.1) is 0 Å². The minimum Gasteiger partial charge on any atom is -0.423 e. The number of aromatic nitrogens is 2. The monoisotopic (exact) mass is 185 g/mol. The maximum atomic E-state index is 10.8. The van der Waals surface area contributed by atoms with Crippen LogP contribution in [0.25, 0.3) is 0 Å². The van der Waals surface area contributed by atoms with Gasteiger partial charge in [-0.05, 0) is 0 Å². The number of carbonyl (C=O) groups is 1. The van der Waals surface area contributed by atoms with Crippen molar-refractivity contribution >= 4 is 17.0 Å². The lowest BCUT2D eigenvalue weighted by Gasteiger charge is -2.00. The molecule has 6 heteroatoms. The van der Waals surface area contributed by atoms with E-state index in [1.54, 1.807) is 6.92 Å². The third-order valence-corrected chi connectivity index (χ3v) is 2.39. The summed E-state index contributed by atoms with van der Waals surface area (Å²) in [6, 6.07) is -0.108. The molecule has 1 aromatic heterocycles. The summed E-state index contributed by atoms with van der Waals surface area (Å²) in [5, 5.41) is 10.2. The zero-order valence-electron chi connectivity index (χ0n) is 6.40. The van der Waals surface area contributed by atoms with Crippen LogP contribution in [0.1, 0.15) is 17.8 Å². The van der Waals surface area contributed by atoms with Crippen molar-refractivity contribution in [1.29, 1.82) is 0 Å². The van der Waals surface area contributed by atoms with Gasteiger partial charge in [0, 0.05) is 12.7 Å². The first-order chi connectivity index (χ1) is 5.75. The predicted octanol–water partition coefficient (Wildman–Crippen LogP) is 0.876. The smallest absolute Gasteiger partial charge is 0.279 e. The molecule has 1 aromatic rings. The van der Waals surface area contributed by atoms with E-state index in [0.29, 0.717) is 17.5 Å². The summed E-state index contributed by atoms with van der Waals surface area (Å²) in [6.07, 6.45) is 0. The maximum absolute atomic E-state index is 10.8. The molecule has 1 saturated heterocycles. The highest BCUT2D eigenvalue weighted by Gasteiger charge is 2.27. The molecule has 2 rings (SSSR count). The quantitative estimate of drug-likeness (QED) is 0.703. The number of nitrogens with one attached hydrogen (secondary N) is 1. The average Bonchev–Trinajstić information content (AvgIpc) is 2.58. The highest BCUT2D eigenvalue weighted by molar-refractivity contribution is 8.13. The van der Waals surface area contributed by atoms with Crippen molar-refractivity contribution in [3.05, 3.63) is 11.8 Å². The summed E-state index contributed by atoms with van der Waals surface area (Å²) in [5.41, 5.74) is 0. The number of nitrogens with zero attached hydrogens (tertiary/aromatic N) is 2. The molecule has 1 N–H and O–H groups in total. The van der Waals surface area contributed by atoms with Crippen LogP contribution in [-0.2, 0) is 0 Å². The van der Waals surface area contributed by atoms with Crippen molar-refractivity contribution in [2.24, 2.45) is 0 Å². The second-order valence-electron chi connectivity index (χ2n) is 2.45. The van der Waals surface area contributed by atoms with E-state index in [9.17, 15) is 4.79 Å². The van der Waals surface area contributed by atoms with Gasteiger partial charge in [-0.2, -0.15) is 0 Å². The topological polar surface area (TPSA) is 68.0 Å². The Morgan fingerprint density at radius 3 is 3.00 bits per heavy atom. The van der Waals surface area contributed by atoms with Crippen LogP contribution in [0.5, 0.6) is 0 Å². The van der Waals surface area contributed by atoms with Gasteiger partial charge in [0.2, 0.25) is 11.8 Å². The zero-order chi connectivity index (χ0) is 8.55. The first kappa shape index (κ1) is 7.60. The predicted molar refractivity (Wildman–Crippen MR) is 42.8 cm³/mol. The fourth-order valence-electron chi connectivity index (χ4n) is 0.970. The molecular weight excluding hydrogens is 178 g/mol. The van der Waals surface area contributed by atoms with Gasteiger partial charge in [-0.25, -0.2) is 0 Å². The first-order valence-corrected chi connectivity index (χ1v) is 4.47. The van der Waals surface area contributed by atoms with Crippen LogP contribution < -0.4 is 5.32 Å². The molecule has 0 bridgehead atoms. The van der Waals surface area contributed by atoms with Crippen molar-refractivity contribution in [2.75, 3.05) is 5.75 Å². The lowest BCUT2D eigenvalue weighted by molar-refractivity contribution is 0.258. The number of rotatable bonds is 1. The van der Waals surface area contributed by atoms with Gasteiger partial charge in [0.1, 0.15) is 6.04 Å². The Hall–Kier alpha value is -1.04. The normalized spacial score (nSPS) is 22.8. The molecule has 64 valence electrons. The molecule has 1 amide bonds. The molecule has 2 heterocycles. The van der Waals surface area contributed by atoms with E-state index in [4.69, 9.17) is 4.42 Å². The fraction of sp³-hybridized carbons (Fsp3) is 0.500. The van der Waals surface area contributed by atoms with Crippen molar-refractivity contribution in [2.45, 2.75) is 13.0 Å². The Morgan fingerprint density at radius 1 is 1.67 bits per heavy atom. The minimum atomic E-state index is -0.108. The van der Waals surface area contributed by atoms with Crippen LogP contribution in [-0.4, -0.2) is 21.2 Å². The SMILES string of the molecule is Cc1nnc([C@@H]2CSC(=O)N2)o1. The molecule has 0 spiro atoms. The summed E-state index contributed by atoms with van der Waals surface area (Å²) in [4.78, 5) is 10.8. The van der Waals surface area contributed by atoms with Gasteiger partial charge < -0.3 is 9.73 Å². The molecule has 0 unspecified atom stereocenters. The lowest BCUT2D eigenvalue weighted by Crippen LogP contribution is -2.18. The van der Waals surface area contributed by atoms with E-state index in [0.717, 1.165) is 0 Å². The van der Waals surface area contributed by atoms with Crippen LogP contribution in [0, 0.1) is 6.92 Å². The standard InChI is InChI=1S/C6H7N3O2S/c1-3-8-9-5(11-3)4-2-12-6(10)7-4/h4H,2H2,1H3,(H,7,10)/t4-/m0/s1. The van der Waals surface area contributed by atoms with Crippen LogP contribution in [0.2, 0.25) is 0 Å². The molecule has 1 aliphatic heterocycles. The zero-order valence-corrected chi connectivity index (χ0v) is 7.22. The second kappa shape index (κ2) is 2.78. The molecule has 0 aliphatic carbocycles. The summed E-state index contributed by atoms with van der Waals surface area (Å²) in [5.74, 6) is 1.68. The molecule has 1 atom stereocenters. The van der Waals surface area contributed by atoms with E-state index in [-0.39, 0.29) is 11.3 Å². The van der Waals surface area contributed by atoms with Gasteiger partial charge in [0.15, 0.2) is 0 Å². The lowest BCUT2D eigenvalue weighted by atomic mass is 10.3. The molecule has 1 fully saturated rings. The van der Waals surface area contributed by atoms with Gasteiger partial charge >= 0.3 is 0 Å². The van der Waals surface area contributed by atoms with Crippen molar-refractivity contribution in [1.82, 2.24) is 15.5 Å². The van der Waals surface area contributed by atoms with Gasteiger partial charge in [-0.1, -0.05) is 11.8 Å². The largest absolute Gasteiger partial charge is 0.423 e. The van der Waals surface area contributed by atoms with Crippen molar-refractivity contribution in [3.8, 4) is 0 Å². The highest BCUT2D eigenvalue weighted by atomic mass is 32.2. The van der Waals surface area contributed by atoms with E-state index in [2.05, 4.69) is 15.5 Å². The van der Waals surface area contributed by atoms with Crippen LogP contribution in [0.15, 0.2) is 4.42 Å². The molecule has 12 heavy (non-hydrogen) atoms. The first-order valence-electron chi connectivity index (χ1n) is 3.49. The second-order valence-corrected chi connectivity index (χ2v) is 3.45. The molecule has 5 nitrogen and oxygen atoms in total. The van der Waals surface area contributed by atoms with Crippen LogP contribution >= 0.6 is 11.8 Å². The molecule has 0 aromatic carbocycles. The third-order valence-electron chi connectivity index (χ3n) is 1.51. The van der Waals surface area contributed by atoms with E-state index < -0.39 is 0 Å². The maximum Gasteiger partial charge on any atom is 0.279 e. The van der Waals surface area contributed by atoms with Crippen LogP contribution in [0.4, 0.5) is 4.79 Å². The fourth-order valence-corrected chi connectivity index (χ4v) is 1.74. The molecule has 1 aliphatic rings. The van der Waals surface area contributed by atoms with E-state index in [1.807, 2.05) is 0 Å². The number of amides is 1. The Bertz CT molecular complexity index is 311. The van der Waals surface area contributed by atoms with E-state index >= 15 is 0 Å².